The first-order valence-electron chi connectivity index (χ1n) is 20.2. The molecule has 0 atom stereocenters. The minimum atomic E-state index is -0.256. The van der Waals surface area contributed by atoms with Crippen molar-refractivity contribution >= 4 is 21.8 Å². The summed E-state index contributed by atoms with van der Waals surface area (Å²) in [4.78, 5) is 0. The number of hydrogen-bond donors (Lipinski definition) is 0. The summed E-state index contributed by atoms with van der Waals surface area (Å²) in [5.74, 6) is 0. The maximum Gasteiger partial charge on any atom is 0.0582 e. The number of fused-ring (bicyclic) bond motifs is 5. The quantitative estimate of drug-likeness (QED) is 0.160. The highest BCUT2D eigenvalue weighted by molar-refractivity contribution is 6.14. The van der Waals surface area contributed by atoms with Gasteiger partial charge in [0.2, 0.25) is 0 Å². The lowest BCUT2D eigenvalue weighted by Crippen LogP contribution is -2.26. The monoisotopic (exact) mass is 739 g/mol. The molecule has 274 valence electrons. The molecule has 1 aliphatic rings. The van der Waals surface area contributed by atoms with Gasteiger partial charge in [0.05, 0.1) is 16.7 Å². The van der Waals surface area contributed by atoms with Crippen LogP contribution in [0.5, 0.6) is 0 Å². The van der Waals surface area contributed by atoms with E-state index in [9.17, 15) is 0 Å². The van der Waals surface area contributed by atoms with Crippen LogP contribution in [-0.4, -0.2) is 4.57 Å². The summed E-state index contributed by atoms with van der Waals surface area (Å²) < 4.78 is 2.54. The number of aromatic nitrogens is 1. The van der Waals surface area contributed by atoms with E-state index in [1.807, 2.05) is 0 Å². The molecule has 0 unspecified atom stereocenters. The zero-order valence-corrected chi connectivity index (χ0v) is 32.7. The number of nitrogens with zero attached hydrogens (tertiary/aromatic N) is 1. The molecule has 11 rings (SSSR count). The first kappa shape index (κ1) is 34.1. The molecule has 1 aliphatic heterocycles. The molecule has 1 nitrogen and oxygen atoms in total. The minimum Gasteiger partial charge on any atom is -0.309 e. The van der Waals surface area contributed by atoms with Gasteiger partial charge in [-0.2, -0.15) is 0 Å². The molecule has 0 fully saturated rings. The van der Waals surface area contributed by atoms with Crippen molar-refractivity contribution in [2.45, 2.75) is 19.3 Å². The van der Waals surface area contributed by atoms with Gasteiger partial charge < -0.3 is 4.57 Å². The Bertz CT molecular complexity index is 3120. The standard InChI is InChI=1S/C57H41N/c1-57(2)52-36-48(45-26-20-42(21-27-45)39-14-8-4-9-15-39)31-33-55(52)58-54-32-30-47(44-24-18-41(19-25-44)38-12-6-3-7-13-38)34-50(54)51-35-49(37-53(57)56(51)58)46-28-22-43(23-29-46)40-16-10-5-11-17-40/h3-37H,1-2H3. The molecule has 0 saturated heterocycles. The van der Waals surface area contributed by atoms with E-state index in [0.717, 1.165) is 0 Å². The normalized spacial score (nSPS) is 12.8. The molecular formula is C57H41N. The molecule has 0 radical (unpaired) electrons. The van der Waals surface area contributed by atoms with Crippen LogP contribution in [0.2, 0.25) is 0 Å². The molecule has 2 heterocycles. The van der Waals surface area contributed by atoms with Gasteiger partial charge in [-0.3, -0.25) is 0 Å². The van der Waals surface area contributed by atoms with Crippen LogP contribution < -0.4 is 0 Å². The summed E-state index contributed by atoms with van der Waals surface area (Å²) in [5.41, 5.74) is 20.9. The van der Waals surface area contributed by atoms with Crippen molar-refractivity contribution in [1.82, 2.24) is 4.57 Å². The van der Waals surface area contributed by atoms with Crippen LogP contribution in [0.15, 0.2) is 212 Å². The smallest absolute Gasteiger partial charge is 0.0582 e. The van der Waals surface area contributed by atoms with Crippen LogP contribution >= 0.6 is 0 Å². The Labute approximate surface area is 340 Å². The van der Waals surface area contributed by atoms with Crippen LogP contribution in [0, 0.1) is 0 Å². The van der Waals surface area contributed by atoms with Gasteiger partial charge in [0, 0.05) is 16.2 Å². The number of rotatable bonds is 6. The number of hydrogen-bond acceptors (Lipinski definition) is 0. The fourth-order valence-electron chi connectivity index (χ4n) is 9.23. The molecule has 1 aromatic heterocycles. The summed E-state index contributed by atoms with van der Waals surface area (Å²) in [6, 6.07) is 78.1. The predicted octanol–water partition coefficient (Wildman–Crippen LogP) is 15.4. The van der Waals surface area contributed by atoms with E-state index in [4.69, 9.17) is 0 Å². The molecule has 0 aliphatic carbocycles. The lowest BCUT2D eigenvalue weighted by molar-refractivity contribution is 0.630. The summed E-state index contributed by atoms with van der Waals surface area (Å²) in [7, 11) is 0. The molecule has 0 amide bonds. The van der Waals surface area contributed by atoms with Gasteiger partial charge in [-0.15, -0.1) is 0 Å². The van der Waals surface area contributed by atoms with Gasteiger partial charge >= 0.3 is 0 Å². The first-order chi connectivity index (χ1) is 28.5. The second-order valence-electron chi connectivity index (χ2n) is 16.2. The lowest BCUT2D eigenvalue weighted by Gasteiger charge is -2.35. The average molecular weight is 740 g/mol. The average Bonchev–Trinajstić information content (AvgIpc) is 3.63. The van der Waals surface area contributed by atoms with Crippen molar-refractivity contribution in [2.24, 2.45) is 0 Å². The molecule has 10 aromatic rings. The van der Waals surface area contributed by atoms with E-state index < -0.39 is 0 Å². The Morgan fingerprint density at radius 2 is 0.638 bits per heavy atom. The Morgan fingerprint density at radius 1 is 0.293 bits per heavy atom. The van der Waals surface area contributed by atoms with Gasteiger partial charge in [-0.25, -0.2) is 0 Å². The van der Waals surface area contributed by atoms with Crippen LogP contribution in [-0.2, 0) is 5.41 Å². The molecule has 58 heavy (non-hydrogen) atoms. The van der Waals surface area contributed by atoms with Crippen molar-refractivity contribution in [3.63, 3.8) is 0 Å². The minimum absolute atomic E-state index is 0.256. The molecule has 0 spiro atoms. The fourth-order valence-corrected chi connectivity index (χ4v) is 9.23. The van der Waals surface area contributed by atoms with E-state index in [1.165, 1.54) is 105 Å². The molecule has 9 aromatic carbocycles. The van der Waals surface area contributed by atoms with Gasteiger partial charge in [-0.1, -0.05) is 190 Å². The van der Waals surface area contributed by atoms with Crippen LogP contribution in [0.4, 0.5) is 0 Å². The maximum absolute atomic E-state index is 2.54. The Hall–Kier alpha value is -7.22. The largest absolute Gasteiger partial charge is 0.309 e. The van der Waals surface area contributed by atoms with E-state index in [1.54, 1.807) is 0 Å². The summed E-state index contributed by atoms with van der Waals surface area (Å²) in [6.45, 7) is 4.82. The predicted molar refractivity (Wildman–Crippen MR) is 246 cm³/mol. The van der Waals surface area contributed by atoms with Crippen molar-refractivity contribution in [3.8, 4) is 72.4 Å². The third-order valence-corrected chi connectivity index (χ3v) is 12.4. The molecular weight excluding hydrogens is 699 g/mol. The Balaban J connectivity index is 1.08. The molecule has 1 heteroatoms. The summed E-state index contributed by atoms with van der Waals surface area (Å²) >= 11 is 0. The van der Waals surface area contributed by atoms with E-state index in [-0.39, 0.29) is 5.41 Å². The second-order valence-corrected chi connectivity index (χ2v) is 16.2. The molecule has 0 saturated carbocycles. The highest BCUT2D eigenvalue weighted by atomic mass is 15.0. The maximum atomic E-state index is 2.54. The Morgan fingerprint density at radius 3 is 1.12 bits per heavy atom. The van der Waals surface area contributed by atoms with Crippen LogP contribution in [0.1, 0.15) is 25.0 Å². The van der Waals surface area contributed by atoms with Gasteiger partial charge in [0.1, 0.15) is 0 Å². The van der Waals surface area contributed by atoms with Crippen molar-refractivity contribution in [1.29, 1.82) is 0 Å². The zero-order valence-electron chi connectivity index (χ0n) is 32.7. The highest BCUT2D eigenvalue weighted by Gasteiger charge is 2.36. The van der Waals surface area contributed by atoms with Crippen LogP contribution in [0.3, 0.4) is 0 Å². The van der Waals surface area contributed by atoms with Crippen LogP contribution in [0.25, 0.3) is 94.3 Å². The number of benzene rings is 9. The van der Waals surface area contributed by atoms with E-state index in [2.05, 4.69) is 231 Å². The van der Waals surface area contributed by atoms with Gasteiger partial charge in [0.15, 0.2) is 0 Å². The van der Waals surface area contributed by atoms with Gasteiger partial charge in [-0.05, 0) is 114 Å². The van der Waals surface area contributed by atoms with E-state index >= 15 is 0 Å². The second kappa shape index (κ2) is 13.5. The first-order valence-corrected chi connectivity index (χ1v) is 20.2. The van der Waals surface area contributed by atoms with Crippen molar-refractivity contribution < 1.29 is 0 Å². The van der Waals surface area contributed by atoms with E-state index in [0.29, 0.717) is 0 Å². The van der Waals surface area contributed by atoms with Crippen molar-refractivity contribution in [3.05, 3.63) is 223 Å². The third kappa shape index (κ3) is 5.62. The summed E-state index contributed by atoms with van der Waals surface area (Å²) in [5, 5.41) is 2.56. The SMILES string of the molecule is CC1(C)c2cc(-c3ccc(-c4ccccc4)cc3)ccc2-n2c3ccc(-c4ccc(-c5ccccc5)cc4)cc3c3cc(-c4ccc(-c5ccccc5)cc4)cc1c32. The third-order valence-electron chi connectivity index (χ3n) is 12.4. The zero-order chi connectivity index (χ0) is 38.8. The summed E-state index contributed by atoms with van der Waals surface area (Å²) in [6.07, 6.45) is 0. The fraction of sp³-hybridized carbons (Fsp3) is 0.0526. The van der Waals surface area contributed by atoms with Crippen molar-refractivity contribution in [2.75, 3.05) is 0 Å². The van der Waals surface area contributed by atoms with Gasteiger partial charge in [0.25, 0.3) is 0 Å². The highest BCUT2D eigenvalue weighted by Crippen LogP contribution is 2.50. The Kier molecular flexibility index (Phi) is 7.91. The molecule has 0 N–H and O–H groups in total. The molecule has 0 bridgehead atoms. The lowest BCUT2D eigenvalue weighted by atomic mass is 9.73. The topological polar surface area (TPSA) is 4.93 Å².